The van der Waals surface area contributed by atoms with E-state index in [0.29, 0.717) is 22.9 Å². The zero-order valence-corrected chi connectivity index (χ0v) is 16.0. The maximum absolute atomic E-state index is 12.7. The second-order valence-corrected chi connectivity index (χ2v) is 7.43. The molecule has 2 heterocycles. The van der Waals surface area contributed by atoms with Gasteiger partial charge in [-0.15, -0.1) is 0 Å². The lowest BCUT2D eigenvalue weighted by atomic mass is 10.0. The molecule has 1 aliphatic heterocycles. The van der Waals surface area contributed by atoms with Gasteiger partial charge in [0, 0.05) is 22.5 Å². The summed E-state index contributed by atoms with van der Waals surface area (Å²) in [5.41, 5.74) is 3.00. The minimum absolute atomic E-state index is 0.0160. The van der Waals surface area contributed by atoms with Gasteiger partial charge in [-0.25, -0.2) is 0 Å². The number of nitrogens with one attached hydrogen (secondary N) is 3. The van der Waals surface area contributed by atoms with Crippen molar-refractivity contribution in [2.75, 3.05) is 18.4 Å². The average Bonchev–Trinajstić information content (AvgIpc) is 2.92. The third kappa shape index (κ3) is 3.72. The Balaban J connectivity index is 1.65. The Bertz CT molecular complexity index is 1060. The number of H-pyrrole nitrogens is 1. The van der Waals surface area contributed by atoms with Gasteiger partial charge in [0.2, 0.25) is 5.91 Å². The number of aromatic nitrogens is 2. The largest absolute Gasteiger partial charge is 0.316 e. The minimum atomic E-state index is -0.0563. The highest BCUT2D eigenvalue weighted by molar-refractivity contribution is 6.33. The van der Waals surface area contributed by atoms with Crippen molar-refractivity contribution in [3.8, 4) is 17.2 Å². The fourth-order valence-corrected chi connectivity index (χ4v) is 3.78. The summed E-state index contributed by atoms with van der Waals surface area (Å²) in [4.78, 5) is 12.7. The Morgan fingerprint density at radius 2 is 2.14 bits per heavy atom. The molecule has 0 aliphatic carbocycles. The number of carbonyl (C=O) groups excluding carboxylic acids is 1. The molecule has 7 heteroatoms. The first-order valence-electron chi connectivity index (χ1n) is 9.35. The number of rotatable bonds is 3. The molecular formula is C21H20ClN5O. The molecule has 0 saturated carbocycles. The fraction of sp³-hybridized carbons (Fsp3) is 0.286. The normalized spacial score (nSPS) is 17.1. The number of hydrogen-bond acceptors (Lipinski definition) is 4. The number of carbonyl (C=O) groups is 1. The molecule has 2 aromatic carbocycles. The lowest BCUT2D eigenvalue weighted by Gasteiger charge is -2.13. The van der Waals surface area contributed by atoms with Crippen LogP contribution in [0.1, 0.15) is 24.8 Å². The number of nitriles is 1. The molecule has 3 N–H and O–H groups in total. The zero-order chi connectivity index (χ0) is 19.5. The topological polar surface area (TPSA) is 93.6 Å². The van der Waals surface area contributed by atoms with Crippen molar-refractivity contribution in [2.45, 2.75) is 19.3 Å². The van der Waals surface area contributed by atoms with E-state index >= 15 is 0 Å². The van der Waals surface area contributed by atoms with E-state index in [-0.39, 0.29) is 11.8 Å². The van der Waals surface area contributed by atoms with Gasteiger partial charge >= 0.3 is 0 Å². The maximum Gasteiger partial charge on any atom is 0.229 e. The van der Waals surface area contributed by atoms with E-state index in [0.717, 1.165) is 47.8 Å². The zero-order valence-electron chi connectivity index (χ0n) is 15.3. The molecule has 1 aromatic heterocycles. The van der Waals surface area contributed by atoms with Crippen LogP contribution in [0.25, 0.3) is 22.0 Å². The Labute approximate surface area is 167 Å². The van der Waals surface area contributed by atoms with Crippen LogP contribution < -0.4 is 10.6 Å². The highest BCUT2D eigenvalue weighted by atomic mass is 35.5. The van der Waals surface area contributed by atoms with E-state index in [9.17, 15) is 4.79 Å². The molecule has 1 unspecified atom stereocenters. The molecule has 1 atom stereocenters. The van der Waals surface area contributed by atoms with Crippen molar-refractivity contribution >= 4 is 34.2 Å². The third-order valence-corrected chi connectivity index (χ3v) is 5.46. The highest BCUT2D eigenvalue weighted by Gasteiger charge is 2.21. The van der Waals surface area contributed by atoms with E-state index in [4.69, 9.17) is 16.9 Å². The summed E-state index contributed by atoms with van der Waals surface area (Å²) in [6, 6.07) is 13.1. The first-order valence-corrected chi connectivity index (χ1v) is 9.73. The predicted octanol–water partition coefficient (Wildman–Crippen LogP) is 4.08. The number of aromatic amines is 1. The molecule has 0 radical (unpaired) electrons. The van der Waals surface area contributed by atoms with Gasteiger partial charge in [-0.3, -0.25) is 9.89 Å². The number of halogens is 1. The van der Waals surface area contributed by atoms with Gasteiger partial charge in [0.15, 0.2) is 5.82 Å². The third-order valence-electron chi connectivity index (χ3n) is 5.13. The van der Waals surface area contributed by atoms with Gasteiger partial charge in [-0.05, 0) is 55.3 Å². The van der Waals surface area contributed by atoms with Crippen LogP contribution in [-0.4, -0.2) is 29.2 Å². The van der Waals surface area contributed by atoms with Gasteiger partial charge in [0.1, 0.15) is 0 Å². The Kier molecular flexibility index (Phi) is 5.29. The second-order valence-electron chi connectivity index (χ2n) is 7.03. The quantitative estimate of drug-likeness (QED) is 0.624. The minimum Gasteiger partial charge on any atom is -0.316 e. The number of fused-ring (bicyclic) bond motifs is 1. The highest BCUT2D eigenvalue weighted by Crippen LogP contribution is 2.32. The van der Waals surface area contributed by atoms with E-state index < -0.39 is 0 Å². The van der Waals surface area contributed by atoms with Crippen molar-refractivity contribution in [2.24, 2.45) is 5.92 Å². The summed E-state index contributed by atoms with van der Waals surface area (Å²) in [5, 5.41) is 24.1. The smallest absolute Gasteiger partial charge is 0.229 e. The molecule has 1 aliphatic rings. The fourth-order valence-electron chi connectivity index (χ4n) is 3.55. The van der Waals surface area contributed by atoms with Crippen molar-refractivity contribution in [1.82, 2.24) is 15.5 Å². The number of amides is 1. The lowest BCUT2D eigenvalue weighted by Crippen LogP contribution is -2.31. The molecular weight excluding hydrogens is 374 g/mol. The number of anilines is 1. The maximum atomic E-state index is 12.7. The van der Waals surface area contributed by atoms with E-state index in [1.54, 1.807) is 18.2 Å². The molecule has 0 bridgehead atoms. The van der Waals surface area contributed by atoms with Gasteiger partial charge in [-0.1, -0.05) is 24.1 Å². The van der Waals surface area contributed by atoms with Crippen LogP contribution in [0.5, 0.6) is 0 Å². The molecule has 1 fully saturated rings. The Morgan fingerprint density at radius 3 is 3.00 bits per heavy atom. The Hall–Kier alpha value is -2.88. The molecule has 6 nitrogen and oxygen atoms in total. The Morgan fingerprint density at radius 1 is 1.25 bits per heavy atom. The second kappa shape index (κ2) is 8.01. The lowest BCUT2D eigenvalue weighted by molar-refractivity contribution is -0.119. The number of hydrogen-bond donors (Lipinski definition) is 3. The predicted molar refractivity (Wildman–Crippen MR) is 110 cm³/mol. The van der Waals surface area contributed by atoms with Crippen molar-refractivity contribution in [3.05, 3.63) is 47.0 Å². The monoisotopic (exact) mass is 393 g/mol. The number of benzene rings is 2. The summed E-state index contributed by atoms with van der Waals surface area (Å²) >= 11 is 6.34. The van der Waals surface area contributed by atoms with Gasteiger partial charge in [0.05, 0.1) is 23.1 Å². The molecule has 28 heavy (non-hydrogen) atoms. The van der Waals surface area contributed by atoms with Crippen molar-refractivity contribution in [1.29, 1.82) is 5.26 Å². The van der Waals surface area contributed by atoms with Crippen molar-refractivity contribution < 1.29 is 4.79 Å². The summed E-state index contributed by atoms with van der Waals surface area (Å²) in [7, 11) is 0. The van der Waals surface area contributed by atoms with Gasteiger partial charge in [-0.2, -0.15) is 10.4 Å². The summed E-state index contributed by atoms with van der Waals surface area (Å²) in [6.45, 7) is 1.65. The van der Waals surface area contributed by atoms with Crippen LogP contribution in [-0.2, 0) is 4.79 Å². The van der Waals surface area contributed by atoms with Crippen LogP contribution >= 0.6 is 11.6 Å². The molecule has 4 rings (SSSR count). The van der Waals surface area contributed by atoms with Gasteiger partial charge < -0.3 is 10.6 Å². The first-order chi connectivity index (χ1) is 13.7. The van der Waals surface area contributed by atoms with Crippen molar-refractivity contribution in [3.63, 3.8) is 0 Å². The summed E-state index contributed by atoms with van der Waals surface area (Å²) < 4.78 is 0. The molecule has 142 valence electrons. The number of nitrogens with zero attached hydrogens (tertiary/aromatic N) is 2. The molecule has 0 spiro atoms. The standard InChI is InChI=1S/C21H20ClN5O/c22-18-6-4-13(11-23)9-16(18)14-5-7-19-17(10-14)20(27-26-19)25-21(28)15-3-1-2-8-24-12-15/h4-7,9-10,15,24H,1-3,8,12H2,(H2,25,26,27,28). The first kappa shape index (κ1) is 18.5. The summed E-state index contributed by atoms with van der Waals surface area (Å²) in [6.07, 6.45) is 3.02. The van der Waals surface area contributed by atoms with Crippen LogP contribution in [0.4, 0.5) is 5.82 Å². The SMILES string of the molecule is N#Cc1ccc(Cl)c(-c2ccc3[nH]nc(NC(=O)C4CCCCNC4)c3c2)c1. The average molecular weight is 394 g/mol. The summed E-state index contributed by atoms with van der Waals surface area (Å²) in [5.74, 6) is 0.440. The van der Waals surface area contributed by atoms with Gasteiger partial charge in [0.25, 0.3) is 0 Å². The van der Waals surface area contributed by atoms with E-state index in [1.165, 1.54) is 0 Å². The molecule has 3 aromatic rings. The van der Waals surface area contributed by atoms with Crippen LogP contribution in [0.2, 0.25) is 5.02 Å². The van der Waals surface area contributed by atoms with Crippen LogP contribution in [0.3, 0.4) is 0 Å². The molecule has 1 saturated heterocycles. The van der Waals surface area contributed by atoms with E-state index in [1.807, 2.05) is 18.2 Å². The molecule has 1 amide bonds. The van der Waals surface area contributed by atoms with Crippen LogP contribution in [0, 0.1) is 17.2 Å². The van der Waals surface area contributed by atoms with E-state index in [2.05, 4.69) is 26.9 Å². The van der Waals surface area contributed by atoms with Crippen LogP contribution in [0.15, 0.2) is 36.4 Å².